The Morgan fingerprint density at radius 1 is 1.46 bits per heavy atom. The second-order valence-corrected chi connectivity index (χ2v) is 5.96. The molecule has 24 heavy (non-hydrogen) atoms. The molecule has 0 aliphatic carbocycles. The van der Waals surface area contributed by atoms with E-state index < -0.39 is 6.10 Å². The third kappa shape index (κ3) is 3.25. The number of likely N-dealkylation sites (tertiary alicyclic amines) is 1. The van der Waals surface area contributed by atoms with Crippen molar-refractivity contribution < 1.29 is 14.1 Å². The van der Waals surface area contributed by atoms with E-state index in [9.17, 15) is 4.79 Å². The Kier molecular flexibility index (Phi) is 4.52. The van der Waals surface area contributed by atoms with Gasteiger partial charge in [0.05, 0.1) is 23.4 Å². The quantitative estimate of drug-likeness (QED) is 0.863. The minimum absolute atomic E-state index is 0.0732. The molecule has 2 atom stereocenters. The smallest absolute Gasteiger partial charge is 0.263 e. The Morgan fingerprint density at radius 2 is 2.21 bits per heavy atom. The third-order valence-electron chi connectivity index (χ3n) is 4.15. The van der Waals surface area contributed by atoms with Gasteiger partial charge in [-0.2, -0.15) is 5.26 Å². The SMILES string of the molecule is Cc1cc(C2CCCN2C(=O)C(C)Oc2ccc(C#N)cc2)on1. The molecule has 6 heteroatoms. The van der Waals surface area contributed by atoms with Gasteiger partial charge in [-0.3, -0.25) is 4.79 Å². The molecule has 1 aliphatic heterocycles. The van der Waals surface area contributed by atoms with Crippen LogP contribution < -0.4 is 4.74 Å². The number of aryl methyl sites for hydroxylation is 1. The Hall–Kier alpha value is -2.81. The molecule has 2 aromatic rings. The van der Waals surface area contributed by atoms with Crippen molar-refractivity contribution in [3.63, 3.8) is 0 Å². The molecule has 1 aliphatic rings. The van der Waals surface area contributed by atoms with Crippen LogP contribution in [0.4, 0.5) is 0 Å². The van der Waals surface area contributed by atoms with Crippen LogP contribution in [-0.4, -0.2) is 28.6 Å². The molecule has 0 spiro atoms. The lowest BCUT2D eigenvalue weighted by atomic mass is 10.1. The fraction of sp³-hybridized carbons (Fsp3) is 0.389. The van der Waals surface area contributed by atoms with Crippen LogP contribution in [-0.2, 0) is 4.79 Å². The molecular formula is C18H19N3O3. The van der Waals surface area contributed by atoms with Crippen LogP contribution in [0, 0.1) is 18.3 Å². The first-order valence-corrected chi connectivity index (χ1v) is 7.99. The standard InChI is InChI=1S/C18H19N3O3/c1-12-10-17(24-20-12)16-4-3-9-21(16)18(22)13(2)23-15-7-5-14(11-19)6-8-15/h5-8,10,13,16H,3-4,9H2,1-2H3. The molecule has 1 saturated heterocycles. The molecule has 2 unspecified atom stereocenters. The molecule has 6 nitrogen and oxygen atoms in total. The Morgan fingerprint density at radius 3 is 2.83 bits per heavy atom. The van der Waals surface area contributed by atoms with E-state index in [-0.39, 0.29) is 11.9 Å². The largest absolute Gasteiger partial charge is 0.481 e. The highest BCUT2D eigenvalue weighted by molar-refractivity contribution is 5.81. The molecule has 1 amide bonds. The van der Waals surface area contributed by atoms with Gasteiger partial charge in [0.2, 0.25) is 0 Å². The first kappa shape index (κ1) is 16.1. The van der Waals surface area contributed by atoms with Crippen LogP contribution in [0.1, 0.15) is 42.8 Å². The van der Waals surface area contributed by atoms with E-state index in [1.165, 1.54) is 0 Å². The maximum atomic E-state index is 12.7. The summed E-state index contributed by atoms with van der Waals surface area (Å²) in [6.45, 7) is 4.29. The Labute approximate surface area is 140 Å². The minimum Gasteiger partial charge on any atom is -0.481 e. The van der Waals surface area contributed by atoms with E-state index >= 15 is 0 Å². The zero-order valence-corrected chi connectivity index (χ0v) is 13.7. The molecule has 3 rings (SSSR count). The van der Waals surface area contributed by atoms with Crippen LogP contribution >= 0.6 is 0 Å². The fourth-order valence-electron chi connectivity index (χ4n) is 2.96. The summed E-state index contributed by atoms with van der Waals surface area (Å²) < 4.78 is 11.1. The number of ether oxygens (including phenoxy) is 1. The van der Waals surface area contributed by atoms with Crippen LogP contribution in [0.15, 0.2) is 34.9 Å². The van der Waals surface area contributed by atoms with Gasteiger partial charge in [-0.25, -0.2) is 0 Å². The lowest BCUT2D eigenvalue weighted by Gasteiger charge is -2.26. The molecular weight excluding hydrogens is 306 g/mol. The van der Waals surface area contributed by atoms with E-state index in [4.69, 9.17) is 14.5 Å². The van der Waals surface area contributed by atoms with Crippen molar-refractivity contribution in [3.8, 4) is 11.8 Å². The molecule has 0 N–H and O–H groups in total. The number of amides is 1. The minimum atomic E-state index is -0.609. The number of aromatic nitrogens is 1. The first-order valence-electron chi connectivity index (χ1n) is 7.99. The molecule has 0 saturated carbocycles. The van der Waals surface area contributed by atoms with Crippen molar-refractivity contribution >= 4 is 5.91 Å². The average Bonchev–Trinajstić information content (AvgIpc) is 3.23. The van der Waals surface area contributed by atoms with E-state index in [1.54, 1.807) is 36.1 Å². The molecule has 1 fully saturated rings. The van der Waals surface area contributed by atoms with Crippen LogP contribution in [0.5, 0.6) is 5.75 Å². The molecule has 2 heterocycles. The number of nitrogens with zero attached hydrogens (tertiary/aromatic N) is 3. The van der Waals surface area contributed by atoms with E-state index in [1.807, 2.05) is 13.0 Å². The summed E-state index contributed by atoms with van der Waals surface area (Å²) in [5, 5.41) is 12.7. The predicted octanol–water partition coefficient (Wildman–Crippen LogP) is 2.99. The van der Waals surface area contributed by atoms with Gasteiger partial charge in [-0.1, -0.05) is 5.16 Å². The summed E-state index contributed by atoms with van der Waals surface area (Å²) in [6, 6.07) is 10.6. The number of rotatable bonds is 4. The molecule has 0 bridgehead atoms. The summed E-state index contributed by atoms with van der Waals surface area (Å²) in [6.07, 6.45) is 1.19. The highest BCUT2D eigenvalue weighted by Gasteiger charge is 2.35. The Bertz CT molecular complexity index is 761. The molecule has 1 aromatic carbocycles. The lowest BCUT2D eigenvalue weighted by molar-refractivity contribution is -0.139. The van der Waals surface area contributed by atoms with Gasteiger partial charge in [0, 0.05) is 12.6 Å². The van der Waals surface area contributed by atoms with Crippen molar-refractivity contribution in [2.24, 2.45) is 0 Å². The van der Waals surface area contributed by atoms with E-state index in [2.05, 4.69) is 11.2 Å². The average molecular weight is 325 g/mol. The maximum absolute atomic E-state index is 12.7. The van der Waals surface area contributed by atoms with Gasteiger partial charge in [0.25, 0.3) is 5.91 Å². The van der Waals surface area contributed by atoms with Crippen molar-refractivity contribution in [2.45, 2.75) is 38.8 Å². The van der Waals surface area contributed by atoms with Gasteiger partial charge in [-0.15, -0.1) is 0 Å². The summed E-state index contributed by atoms with van der Waals surface area (Å²) in [5.74, 6) is 1.22. The Balaban J connectivity index is 1.69. The maximum Gasteiger partial charge on any atom is 0.263 e. The summed E-state index contributed by atoms with van der Waals surface area (Å²) in [4.78, 5) is 14.5. The number of nitriles is 1. The number of carbonyl (C=O) groups is 1. The highest BCUT2D eigenvalue weighted by Crippen LogP contribution is 2.33. The second-order valence-electron chi connectivity index (χ2n) is 5.96. The third-order valence-corrected chi connectivity index (χ3v) is 4.15. The molecule has 124 valence electrons. The van der Waals surface area contributed by atoms with Crippen molar-refractivity contribution in [2.75, 3.05) is 6.54 Å². The van der Waals surface area contributed by atoms with Crippen molar-refractivity contribution in [1.82, 2.24) is 10.1 Å². The van der Waals surface area contributed by atoms with Gasteiger partial charge in [0.1, 0.15) is 5.75 Å². The second kappa shape index (κ2) is 6.75. The van der Waals surface area contributed by atoms with Crippen LogP contribution in [0.25, 0.3) is 0 Å². The van der Waals surface area contributed by atoms with Gasteiger partial charge in [0.15, 0.2) is 11.9 Å². The zero-order valence-electron chi connectivity index (χ0n) is 13.7. The number of hydrogen-bond acceptors (Lipinski definition) is 5. The highest BCUT2D eigenvalue weighted by atomic mass is 16.5. The summed E-state index contributed by atoms with van der Waals surface area (Å²) in [7, 11) is 0. The fourth-order valence-corrected chi connectivity index (χ4v) is 2.96. The number of hydrogen-bond donors (Lipinski definition) is 0. The van der Waals surface area contributed by atoms with E-state index in [0.717, 1.165) is 24.3 Å². The van der Waals surface area contributed by atoms with Crippen LogP contribution in [0.3, 0.4) is 0 Å². The number of benzene rings is 1. The summed E-state index contributed by atoms with van der Waals surface area (Å²) >= 11 is 0. The number of carbonyl (C=O) groups excluding carboxylic acids is 1. The van der Waals surface area contributed by atoms with Crippen molar-refractivity contribution in [3.05, 3.63) is 47.3 Å². The topological polar surface area (TPSA) is 79.4 Å². The first-order chi connectivity index (χ1) is 11.6. The molecule has 1 aromatic heterocycles. The molecule has 0 radical (unpaired) electrons. The van der Waals surface area contributed by atoms with Crippen LogP contribution in [0.2, 0.25) is 0 Å². The predicted molar refractivity (Wildman–Crippen MR) is 86.2 cm³/mol. The van der Waals surface area contributed by atoms with Gasteiger partial charge >= 0.3 is 0 Å². The van der Waals surface area contributed by atoms with Gasteiger partial charge in [-0.05, 0) is 51.0 Å². The normalized spacial score (nSPS) is 18.2. The lowest BCUT2D eigenvalue weighted by Crippen LogP contribution is -2.40. The monoisotopic (exact) mass is 325 g/mol. The van der Waals surface area contributed by atoms with Crippen molar-refractivity contribution in [1.29, 1.82) is 5.26 Å². The van der Waals surface area contributed by atoms with Gasteiger partial charge < -0.3 is 14.2 Å². The summed E-state index contributed by atoms with van der Waals surface area (Å²) in [5.41, 5.74) is 1.37. The zero-order chi connectivity index (χ0) is 17.1. The van der Waals surface area contributed by atoms with E-state index in [0.29, 0.717) is 17.9 Å².